The SMILES string of the molecule is Cc1cc(Nc2nn(C(CC#N)C3CC3)c3cc[nH]c(=O)c23)ccc1S(=O)(=O)N(C)C. The van der Waals surface area contributed by atoms with Crippen molar-refractivity contribution in [3.8, 4) is 6.07 Å². The van der Waals surface area contributed by atoms with Crippen LogP contribution in [0.25, 0.3) is 10.9 Å². The lowest BCUT2D eigenvalue weighted by atomic mass is 10.1. The van der Waals surface area contributed by atoms with E-state index in [1.807, 2.05) is 0 Å². The summed E-state index contributed by atoms with van der Waals surface area (Å²) in [5, 5.41) is 17.5. The van der Waals surface area contributed by atoms with Crippen LogP contribution in [0.3, 0.4) is 0 Å². The van der Waals surface area contributed by atoms with Crippen LogP contribution in [-0.2, 0) is 10.0 Å². The zero-order valence-electron chi connectivity index (χ0n) is 17.6. The second kappa shape index (κ2) is 7.83. The van der Waals surface area contributed by atoms with Crippen LogP contribution < -0.4 is 10.9 Å². The number of nitrogens with zero attached hydrogens (tertiary/aromatic N) is 4. The zero-order valence-corrected chi connectivity index (χ0v) is 18.4. The van der Waals surface area contributed by atoms with E-state index in [-0.39, 0.29) is 16.5 Å². The maximum absolute atomic E-state index is 12.6. The lowest BCUT2D eigenvalue weighted by Crippen LogP contribution is -2.23. The van der Waals surface area contributed by atoms with Gasteiger partial charge in [-0.25, -0.2) is 12.7 Å². The second-order valence-electron chi connectivity index (χ2n) is 8.02. The molecule has 1 atom stereocenters. The van der Waals surface area contributed by atoms with Crippen LogP contribution in [0.15, 0.2) is 40.2 Å². The van der Waals surface area contributed by atoms with Crippen molar-refractivity contribution in [2.75, 3.05) is 19.4 Å². The number of aryl methyl sites for hydroxylation is 1. The van der Waals surface area contributed by atoms with Gasteiger partial charge >= 0.3 is 0 Å². The number of nitriles is 1. The number of rotatable bonds is 7. The number of H-pyrrole nitrogens is 1. The Labute approximate surface area is 180 Å². The number of aromatic amines is 1. The van der Waals surface area contributed by atoms with Gasteiger partial charge in [-0.15, -0.1) is 0 Å². The van der Waals surface area contributed by atoms with Crippen LogP contribution in [0.2, 0.25) is 0 Å². The van der Waals surface area contributed by atoms with Crippen molar-refractivity contribution in [1.82, 2.24) is 19.1 Å². The maximum Gasteiger partial charge on any atom is 0.261 e. The highest BCUT2D eigenvalue weighted by Crippen LogP contribution is 2.43. The number of hydrogen-bond donors (Lipinski definition) is 2. The van der Waals surface area contributed by atoms with Crippen molar-refractivity contribution in [3.05, 3.63) is 46.4 Å². The van der Waals surface area contributed by atoms with E-state index in [1.165, 1.54) is 18.4 Å². The Kier molecular flexibility index (Phi) is 5.33. The van der Waals surface area contributed by atoms with Gasteiger partial charge in [0.2, 0.25) is 10.0 Å². The third-order valence-electron chi connectivity index (χ3n) is 5.61. The van der Waals surface area contributed by atoms with Crippen LogP contribution in [0.4, 0.5) is 11.5 Å². The summed E-state index contributed by atoms with van der Waals surface area (Å²) in [6, 6.07) is 8.85. The van der Waals surface area contributed by atoms with Gasteiger partial charge in [0.1, 0.15) is 5.39 Å². The van der Waals surface area contributed by atoms with E-state index in [9.17, 15) is 18.5 Å². The van der Waals surface area contributed by atoms with Gasteiger partial charge in [0.25, 0.3) is 5.56 Å². The van der Waals surface area contributed by atoms with E-state index >= 15 is 0 Å². The minimum Gasteiger partial charge on any atom is -0.338 e. The van der Waals surface area contributed by atoms with Gasteiger partial charge in [-0.3, -0.25) is 9.48 Å². The first-order valence-electron chi connectivity index (χ1n) is 10.0. The standard InChI is InChI=1S/C21H24N6O3S/c1-13-12-15(6-7-18(13)31(29,30)26(2)3)24-20-19-17(9-11-23-21(19)28)27(25-20)16(8-10-22)14-4-5-14/h6-7,9,11-12,14,16H,4-5,8H2,1-3H3,(H,23,28)(H,24,25). The first-order chi connectivity index (χ1) is 14.7. The molecule has 3 aromatic rings. The predicted molar refractivity (Wildman–Crippen MR) is 118 cm³/mol. The lowest BCUT2D eigenvalue weighted by Gasteiger charge is -2.15. The fraction of sp³-hybridized carbons (Fsp3) is 0.381. The van der Waals surface area contributed by atoms with Crippen molar-refractivity contribution < 1.29 is 8.42 Å². The molecular weight excluding hydrogens is 416 g/mol. The third kappa shape index (κ3) is 3.82. The molecule has 0 aliphatic heterocycles. The number of benzene rings is 1. The first-order valence-corrected chi connectivity index (χ1v) is 11.4. The number of sulfonamides is 1. The van der Waals surface area contributed by atoms with Crippen molar-refractivity contribution in [2.24, 2.45) is 5.92 Å². The van der Waals surface area contributed by atoms with E-state index < -0.39 is 10.0 Å². The molecule has 4 rings (SSSR count). The molecule has 2 aromatic heterocycles. The summed E-state index contributed by atoms with van der Waals surface area (Å²) in [6.07, 6.45) is 3.99. The molecule has 1 aromatic carbocycles. The second-order valence-corrected chi connectivity index (χ2v) is 10.1. The molecule has 10 heteroatoms. The molecule has 0 bridgehead atoms. The summed E-state index contributed by atoms with van der Waals surface area (Å²) in [7, 11) is -0.575. The van der Waals surface area contributed by atoms with E-state index in [0.29, 0.717) is 40.3 Å². The molecule has 1 aliphatic rings. The van der Waals surface area contributed by atoms with Gasteiger partial charge < -0.3 is 10.3 Å². The topological polar surface area (TPSA) is 124 Å². The van der Waals surface area contributed by atoms with Gasteiger partial charge in [-0.1, -0.05) is 0 Å². The number of fused-ring (bicyclic) bond motifs is 1. The Hall–Kier alpha value is -3.16. The van der Waals surface area contributed by atoms with Gasteiger partial charge in [0.05, 0.1) is 28.9 Å². The van der Waals surface area contributed by atoms with E-state index in [1.54, 1.807) is 42.1 Å². The van der Waals surface area contributed by atoms with Gasteiger partial charge in [-0.05, 0) is 55.5 Å². The molecule has 9 nitrogen and oxygen atoms in total. The van der Waals surface area contributed by atoms with Crippen LogP contribution in [0.1, 0.15) is 30.9 Å². The summed E-state index contributed by atoms with van der Waals surface area (Å²) in [5.74, 6) is 0.760. The largest absolute Gasteiger partial charge is 0.338 e. The summed E-state index contributed by atoms with van der Waals surface area (Å²) in [6.45, 7) is 1.72. The van der Waals surface area contributed by atoms with Crippen LogP contribution >= 0.6 is 0 Å². The predicted octanol–water partition coefficient (Wildman–Crippen LogP) is 2.89. The molecule has 1 aliphatic carbocycles. The van der Waals surface area contributed by atoms with Gasteiger partial charge in [0, 0.05) is 26.0 Å². The summed E-state index contributed by atoms with van der Waals surface area (Å²) < 4.78 is 27.9. The Morgan fingerprint density at radius 2 is 2.10 bits per heavy atom. The Morgan fingerprint density at radius 1 is 1.35 bits per heavy atom. The molecule has 2 N–H and O–H groups in total. The zero-order chi connectivity index (χ0) is 22.3. The third-order valence-corrected chi connectivity index (χ3v) is 7.58. The van der Waals surface area contributed by atoms with E-state index in [4.69, 9.17) is 0 Å². The average Bonchev–Trinajstić information content (AvgIpc) is 3.48. The number of hydrogen-bond acceptors (Lipinski definition) is 6. The lowest BCUT2D eigenvalue weighted by molar-refractivity contribution is 0.426. The van der Waals surface area contributed by atoms with E-state index in [2.05, 4.69) is 21.5 Å². The molecule has 1 unspecified atom stereocenters. The molecule has 31 heavy (non-hydrogen) atoms. The maximum atomic E-state index is 12.6. The van der Waals surface area contributed by atoms with Gasteiger partial charge in [-0.2, -0.15) is 10.4 Å². The molecular formula is C21H24N6O3S. The fourth-order valence-electron chi connectivity index (χ4n) is 3.82. The Balaban J connectivity index is 1.77. The number of pyridine rings is 1. The number of nitrogens with one attached hydrogen (secondary N) is 2. The molecule has 1 saturated carbocycles. The normalized spacial score (nSPS) is 15.2. The number of anilines is 2. The molecule has 2 heterocycles. The molecule has 1 fully saturated rings. The van der Waals surface area contributed by atoms with Crippen molar-refractivity contribution in [1.29, 1.82) is 5.26 Å². The summed E-state index contributed by atoms with van der Waals surface area (Å²) in [5.41, 5.74) is 1.59. The number of aromatic nitrogens is 3. The Morgan fingerprint density at radius 3 is 2.71 bits per heavy atom. The highest BCUT2D eigenvalue weighted by Gasteiger charge is 2.34. The van der Waals surface area contributed by atoms with Crippen molar-refractivity contribution in [3.63, 3.8) is 0 Å². The minimum atomic E-state index is -3.55. The monoisotopic (exact) mass is 440 g/mol. The summed E-state index contributed by atoms with van der Waals surface area (Å²) in [4.78, 5) is 15.5. The van der Waals surface area contributed by atoms with E-state index in [0.717, 1.165) is 12.8 Å². The molecule has 0 radical (unpaired) electrons. The van der Waals surface area contributed by atoms with Crippen molar-refractivity contribution >= 4 is 32.4 Å². The highest BCUT2D eigenvalue weighted by atomic mass is 32.2. The van der Waals surface area contributed by atoms with Gasteiger partial charge in [0.15, 0.2) is 5.82 Å². The van der Waals surface area contributed by atoms with Crippen LogP contribution in [-0.4, -0.2) is 41.6 Å². The average molecular weight is 441 g/mol. The Bertz CT molecular complexity index is 1350. The van der Waals surface area contributed by atoms with Crippen molar-refractivity contribution in [2.45, 2.75) is 37.1 Å². The first kappa shape index (κ1) is 21.1. The van der Waals surface area contributed by atoms with Crippen LogP contribution in [0.5, 0.6) is 0 Å². The molecule has 162 valence electrons. The molecule has 0 amide bonds. The fourth-order valence-corrected chi connectivity index (χ4v) is 4.92. The van der Waals surface area contributed by atoms with Crippen LogP contribution in [0, 0.1) is 24.2 Å². The molecule has 0 saturated heterocycles. The molecule has 0 spiro atoms. The summed E-state index contributed by atoms with van der Waals surface area (Å²) >= 11 is 0. The highest BCUT2D eigenvalue weighted by molar-refractivity contribution is 7.89. The smallest absolute Gasteiger partial charge is 0.261 e. The minimum absolute atomic E-state index is 0.0841. The quantitative estimate of drug-likeness (QED) is 0.582.